The summed E-state index contributed by atoms with van der Waals surface area (Å²) in [4.78, 5) is 26.8. The second-order valence-corrected chi connectivity index (χ2v) is 7.36. The summed E-state index contributed by atoms with van der Waals surface area (Å²) >= 11 is 0. The first kappa shape index (κ1) is 16.1. The number of hydrogen-bond donors (Lipinski definition) is 1. The van der Waals surface area contributed by atoms with Crippen LogP contribution in [0.4, 0.5) is 5.69 Å². The predicted octanol–water partition coefficient (Wildman–Crippen LogP) is 3.44. The molecule has 0 atom stereocenters. The molecule has 0 saturated heterocycles. The van der Waals surface area contributed by atoms with Crippen molar-refractivity contribution in [2.24, 2.45) is 0 Å². The van der Waals surface area contributed by atoms with Crippen LogP contribution in [-0.4, -0.2) is 23.3 Å². The number of carbonyl (C=O) groups excluding carboxylic acids is 2. The number of nitrogens with zero attached hydrogens (tertiary/aromatic N) is 1. The third-order valence-corrected chi connectivity index (χ3v) is 5.55. The number of aryl methyl sites for hydroxylation is 2. The maximum absolute atomic E-state index is 13.0. The van der Waals surface area contributed by atoms with E-state index >= 15 is 0 Å². The molecule has 5 rings (SSSR count). The standard InChI is InChI=1S/C22H20N2O3/c25-21-12-24(11-16-4-1-2-7-19(16)23-21)22(26)10-17-13-27-20-9-15-6-3-5-14(15)8-18(17)20/h1-2,4,7-9,13H,3,5-6,10-12H2,(H,23,25). The molecule has 1 aliphatic heterocycles. The van der Waals surface area contributed by atoms with Crippen LogP contribution in [-0.2, 0) is 35.4 Å². The molecule has 5 nitrogen and oxygen atoms in total. The third kappa shape index (κ3) is 2.89. The van der Waals surface area contributed by atoms with Crippen molar-refractivity contribution in [2.45, 2.75) is 32.2 Å². The summed E-state index contributed by atoms with van der Waals surface area (Å²) in [5, 5.41) is 3.89. The Balaban J connectivity index is 1.42. The van der Waals surface area contributed by atoms with E-state index < -0.39 is 0 Å². The molecule has 0 radical (unpaired) electrons. The normalized spacial score (nSPS) is 16.0. The van der Waals surface area contributed by atoms with E-state index in [1.807, 2.05) is 24.3 Å². The van der Waals surface area contributed by atoms with Crippen molar-refractivity contribution in [3.63, 3.8) is 0 Å². The van der Waals surface area contributed by atoms with Gasteiger partial charge in [-0.05, 0) is 54.2 Å². The van der Waals surface area contributed by atoms with E-state index in [4.69, 9.17) is 4.42 Å². The highest BCUT2D eigenvalue weighted by Crippen LogP contribution is 2.31. The molecule has 1 aromatic heterocycles. The molecular formula is C22H20N2O3. The van der Waals surface area contributed by atoms with Crippen LogP contribution in [0.15, 0.2) is 47.1 Å². The Morgan fingerprint density at radius 3 is 2.78 bits per heavy atom. The smallest absolute Gasteiger partial charge is 0.244 e. The Morgan fingerprint density at radius 1 is 1.07 bits per heavy atom. The number of furan rings is 1. The fraction of sp³-hybridized carbons (Fsp3) is 0.273. The molecule has 1 N–H and O–H groups in total. The van der Waals surface area contributed by atoms with Gasteiger partial charge in [-0.2, -0.15) is 0 Å². The molecule has 0 fully saturated rings. The number of anilines is 1. The number of benzene rings is 2. The molecule has 3 aromatic rings. The van der Waals surface area contributed by atoms with Gasteiger partial charge in [0.15, 0.2) is 0 Å². The molecule has 2 amide bonds. The predicted molar refractivity (Wildman–Crippen MR) is 102 cm³/mol. The minimum Gasteiger partial charge on any atom is -0.464 e. The Morgan fingerprint density at radius 2 is 1.89 bits per heavy atom. The summed E-state index contributed by atoms with van der Waals surface area (Å²) in [6.07, 6.45) is 5.29. The first-order valence-corrected chi connectivity index (χ1v) is 9.35. The fourth-order valence-corrected chi connectivity index (χ4v) is 4.14. The van der Waals surface area contributed by atoms with Crippen molar-refractivity contribution in [1.29, 1.82) is 0 Å². The van der Waals surface area contributed by atoms with Crippen molar-refractivity contribution < 1.29 is 14.0 Å². The van der Waals surface area contributed by atoms with Crippen molar-refractivity contribution in [3.8, 4) is 0 Å². The van der Waals surface area contributed by atoms with Gasteiger partial charge in [0.25, 0.3) is 0 Å². The molecule has 2 heterocycles. The summed E-state index contributed by atoms with van der Waals surface area (Å²) in [7, 11) is 0. The molecule has 1 aliphatic carbocycles. The molecule has 0 unspecified atom stereocenters. The summed E-state index contributed by atoms with van der Waals surface area (Å²) in [6, 6.07) is 11.9. The maximum atomic E-state index is 13.0. The largest absolute Gasteiger partial charge is 0.464 e. The quantitative estimate of drug-likeness (QED) is 0.761. The Hall–Kier alpha value is -3.08. The van der Waals surface area contributed by atoms with Crippen LogP contribution in [0.2, 0.25) is 0 Å². The zero-order chi connectivity index (χ0) is 18.4. The van der Waals surface area contributed by atoms with Gasteiger partial charge in [0, 0.05) is 23.2 Å². The number of carbonyl (C=O) groups is 2. The summed E-state index contributed by atoms with van der Waals surface area (Å²) < 4.78 is 5.71. The second-order valence-electron chi connectivity index (χ2n) is 7.36. The van der Waals surface area contributed by atoms with E-state index in [9.17, 15) is 9.59 Å². The van der Waals surface area contributed by atoms with Gasteiger partial charge in [0.2, 0.25) is 11.8 Å². The van der Waals surface area contributed by atoms with E-state index in [-0.39, 0.29) is 24.8 Å². The molecule has 0 saturated carbocycles. The molecule has 5 heteroatoms. The lowest BCUT2D eigenvalue weighted by Gasteiger charge is -2.19. The lowest BCUT2D eigenvalue weighted by Crippen LogP contribution is -2.36. The number of hydrogen-bond acceptors (Lipinski definition) is 3. The fourth-order valence-electron chi connectivity index (χ4n) is 4.14. The number of para-hydroxylation sites is 1. The number of nitrogens with one attached hydrogen (secondary N) is 1. The maximum Gasteiger partial charge on any atom is 0.244 e. The van der Waals surface area contributed by atoms with E-state index in [0.717, 1.165) is 40.6 Å². The van der Waals surface area contributed by atoms with Crippen LogP contribution >= 0.6 is 0 Å². The third-order valence-electron chi connectivity index (χ3n) is 5.55. The summed E-state index contributed by atoms with van der Waals surface area (Å²) in [5.41, 5.74) is 6.19. The van der Waals surface area contributed by atoms with Crippen molar-refractivity contribution >= 4 is 28.5 Å². The van der Waals surface area contributed by atoms with Crippen LogP contribution in [0.3, 0.4) is 0 Å². The van der Waals surface area contributed by atoms with Gasteiger partial charge in [-0.3, -0.25) is 9.59 Å². The summed E-state index contributed by atoms with van der Waals surface area (Å²) in [5.74, 6) is -0.228. The highest BCUT2D eigenvalue weighted by atomic mass is 16.3. The Labute approximate surface area is 157 Å². The van der Waals surface area contributed by atoms with Crippen LogP contribution in [0, 0.1) is 0 Å². The van der Waals surface area contributed by atoms with E-state index in [1.165, 1.54) is 17.5 Å². The van der Waals surface area contributed by atoms with Gasteiger partial charge < -0.3 is 14.6 Å². The van der Waals surface area contributed by atoms with Crippen LogP contribution < -0.4 is 5.32 Å². The minimum absolute atomic E-state index is 0.0648. The average Bonchev–Trinajstić information content (AvgIpc) is 3.22. The number of rotatable bonds is 2. The monoisotopic (exact) mass is 360 g/mol. The number of amides is 2. The van der Waals surface area contributed by atoms with Crippen LogP contribution in [0.5, 0.6) is 0 Å². The van der Waals surface area contributed by atoms with Crippen molar-refractivity contribution in [1.82, 2.24) is 4.90 Å². The molecule has 27 heavy (non-hydrogen) atoms. The Kier molecular flexibility index (Phi) is 3.74. The van der Waals surface area contributed by atoms with Gasteiger partial charge in [-0.15, -0.1) is 0 Å². The van der Waals surface area contributed by atoms with Gasteiger partial charge in [-0.1, -0.05) is 18.2 Å². The average molecular weight is 360 g/mol. The molecule has 2 aromatic carbocycles. The van der Waals surface area contributed by atoms with Crippen LogP contribution in [0.25, 0.3) is 11.0 Å². The van der Waals surface area contributed by atoms with Gasteiger partial charge in [-0.25, -0.2) is 0 Å². The van der Waals surface area contributed by atoms with Crippen LogP contribution in [0.1, 0.15) is 28.7 Å². The molecule has 136 valence electrons. The SMILES string of the molecule is O=C1CN(C(=O)Cc2coc3cc4c(cc23)CCC4)Cc2ccccc2N1. The minimum atomic E-state index is -0.164. The highest BCUT2D eigenvalue weighted by molar-refractivity contribution is 5.97. The molecular weight excluding hydrogens is 340 g/mol. The lowest BCUT2D eigenvalue weighted by atomic mass is 10.0. The zero-order valence-corrected chi connectivity index (χ0v) is 15.0. The summed E-state index contributed by atoms with van der Waals surface area (Å²) in [6.45, 7) is 0.498. The zero-order valence-electron chi connectivity index (χ0n) is 15.0. The first-order valence-electron chi connectivity index (χ1n) is 9.35. The first-order chi connectivity index (χ1) is 13.2. The van der Waals surface area contributed by atoms with Crippen molar-refractivity contribution in [3.05, 3.63) is 64.9 Å². The molecule has 0 spiro atoms. The van der Waals surface area contributed by atoms with Crippen molar-refractivity contribution in [2.75, 3.05) is 11.9 Å². The van der Waals surface area contributed by atoms with E-state index in [1.54, 1.807) is 11.2 Å². The Bertz CT molecular complexity index is 1070. The molecule has 2 aliphatic rings. The van der Waals surface area contributed by atoms with Gasteiger partial charge in [0.05, 0.1) is 12.7 Å². The molecule has 0 bridgehead atoms. The van der Waals surface area contributed by atoms with E-state index in [0.29, 0.717) is 6.54 Å². The van der Waals surface area contributed by atoms with E-state index in [2.05, 4.69) is 17.4 Å². The highest BCUT2D eigenvalue weighted by Gasteiger charge is 2.24. The second kappa shape index (κ2) is 6.27. The van der Waals surface area contributed by atoms with Gasteiger partial charge in [0.1, 0.15) is 12.1 Å². The topological polar surface area (TPSA) is 62.6 Å². The number of fused-ring (bicyclic) bond motifs is 3. The lowest BCUT2D eigenvalue weighted by molar-refractivity contribution is -0.134. The van der Waals surface area contributed by atoms with Gasteiger partial charge >= 0.3 is 0 Å².